The molecular formula is C25H22N4O2. The van der Waals surface area contributed by atoms with Crippen molar-refractivity contribution >= 4 is 5.91 Å². The summed E-state index contributed by atoms with van der Waals surface area (Å²) in [7, 11) is 0. The van der Waals surface area contributed by atoms with E-state index in [4.69, 9.17) is 4.74 Å². The fourth-order valence-corrected chi connectivity index (χ4v) is 3.91. The van der Waals surface area contributed by atoms with Gasteiger partial charge in [-0.2, -0.15) is 5.10 Å². The van der Waals surface area contributed by atoms with E-state index < -0.39 is 0 Å². The second-order valence-electron chi connectivity index (χ2n) is 7.59. The molecule has 3 heterocycles. The highest BCUT2D eigenvalue weighted by molar-refractivity contribution is 5.94. The van der Waals surface area contributed by atoms with Crippen LogP contribution in [0.4, 0.5) is 0 Å². The molecule has 1 aliphatic heterocycles. The number of nitrogens with one attached hydrogen (secondary N) is 1. The Morgan fingerprint density at radius 2 is 1.94 bits per heavy atom. The first-order chi connectivity index (χ1) is 15.3. The smallest absolute Gasteiger partial charge is 0.251 e. The zero-order chi connectivity index (χ0) is 21.0. The summed E-state index contributed by atoms with van der Waals surface area (Å²) < 4.78 is 8.06. The first kappa shape index (κ1) is 19.1. The van der Waals surface area contributed by atoms with E-state index in [-0.39, 0.29) is 12.0 Å². The van der Waals surface area contributed by atoms with Crippen molar-refractivity contribution in [2.75, 3.05) is 6.54 Å². The topological polar surface area (TPSA) is 69.0 Å². The Balaban J connectivity index is 1.23. The summed E-state index contributed by atoms with van der Waals surface area (Å²) in [5.41, 5.74) is 4.96. The minimum absolute atomic E-state index is 0.0887. The van der Waals surface area contributed by atoms with Crippen LogP contribution in [0.5, 0.6) is 5.75 Å². The summed E-state index contributed by atoms with van der Waals surface area (Å²) in [5.74, 6) is 0.797. The molecule has 2 aromatic carbocycles. The molecule has 1 aliphatic rings. The number of para-hydroxylation sites is 1. The number of benzene rings is 2. The number of hydrogen-bond acceptors (Lipinski definition) is 4. The van der Waals surface area contributed by atoms with Gasteiger partial charge in [0.05, 0.1) is 13.1 Å². The predicted molar refractivity (Wildman–Crippen MR) is 118 cm³/mol. The average Bonchev–Trinajstić information content (AvgIpc) is 3.47. The third kappa shape index (κ3) is 4.19. The minimum Gasteiger partial charge on any atom is -0.487 e. The van der Waals surface area contributed by atoms with Gasteiger partial charge >= 0.3 is 0 Å². The molecule has 0 saturated carbocycles. The van der Waals surface area contributed by atoms with Crippen molar-refractivity contribution in [2.45, 2.75) is 19.1 Å². The van der Waals surface area contributed by atoms with Crippen LogP contribution in [-0.4, -0.2) is 33.3 Å². The third-order valence-electron chi connectivity index (χ3n) is 5.40. The Labute approximate surface area is 180 Å². The summed E-state index contributed by atoms with van der Waals surface area (Å²) in [4.78, 5) is 16.8. The summed E-state index contributed by atoms with van der Waals surface area (Å²) in [6.07, 6.45) is 7.89. The number of fused-ring (bicyclic) bond motifs is 1. The molecule has 0 spiro atoms. The first-order valence-corrected chi connectivity index (χ1v) is 10.3. The Kier molecular flexibility index (Phi) is 5.19. The van der Waals surface area contributed by atoms with E-state index in [2.05, 4.69) is 27.5 Å². The molecule has 0 saturated heterocycles. The van der Waals surface area contributed by atoms with Crippen molar-refractivity contribution < 1.29 is 9.53 Å². The number of rotatable bonds is 6. The van der Waals surface area contributed by atoms with Crippen LogP contribution in [-0.2, 0) is 13.0 Å². The maximum atomic E-state index is 12.7. The van der Waals surface area contributed by atoms with Crippen molar-refractivity contribution in [3.8, 4) is 16.9 Å². The largest absolute Gasteiger partial charge is 0.487 e. The number of amides is 1. The van der Waals surface area contributed by atoms with Gasteiger partial charge in [-0.15, -0.1) is 0 Å². The van der Waals surface area contributed by atoms with Crippen molar-refractivity contribution in [1.82, 2.24) is 20.1 Å². The lowest BCUT2D eigenvalue weighted by molar-refractivity contribution is 0.0933. The third-order valence-corrected chi connectivity index (χ3v) is 5.40. The van der Waals surface area contributed by atoms with Crippen LogP contribution in [0.25, 0.3) is 11.1 Å². The van der Waals surface area contributed by atoms with Gasteiger partial charge in [-0.25, -0.2) is 0 Å². The van der Waals surface area contributed by atoms with E-state index in [1.807, 2.05) is 59.4 Å². The zero-order valence-electron chi connectivity index (χ0n) is 16.9. The number of carbonyl (C=O) groups excluding carboxylic acids is 1. The fraction of sp³-hybridized carbons (Fsp3) is 0.160. The highest BCUT2D eigenvalue weighted by Crippen LogP contribution is 2.38. The second-order valence-corrected chi connectivity index (χ2v) is 7.59. The highest BCUT2D eigenvalue weighted by atomic mass is 16.5. The quantitative estimate of drug-likeness (QED) is 0.526. The average molecular weight is 410 g/mol. The zero-order valence-corrected chi connectivity index (χ0v) is 16.9. The summed E-state index contributed by atoms with van der Waals surface area (Å²) in [5, 5.41) is 7.24. The van der Waals surface area contributed by atoms with Gasteiger partial charge in [0, 0.05) is 42.3 Å². The monoisotopic (exact) mass is 410 g/mol. The number of carbonyl (C=O) groups is 1. The molecule has 154 valence electrons. The number of hydrogen-bond donors (Lipinski definition) is 1. The van der Waals surface area contributed by atoms with Crippen LogP contribution in [0.3, 0.4) is 0 Å². The van der Waals surface area contributed by atoms with Crippen LogP contribution >= 0.6 is 0 Å². The van der Waals surface area contributed by atoms with Gasteiger partial charge in [0.25, 0.3) is 5.91 Å². The Bertz CT molecular complexity index is 1190. The highest BCUT2D eigenvalue weighted by Gasteiger charge is 2.26. The molecule has 6 heteroatoms. The van der Waals surface area contributed by atoms with Crippen LogP contribution in [0.1, 0.15) is 21.5 Å². The number of nitrogens with zero attached hydrogens (tertiary/aromatic N) is 3. The van der Waals surface area contributed by atoms with Gasteiger partial charge in [-0.05, 0) is 47.0 Å². The summed E-state index contributed by atoms with van der Waals surface area (Å²) in [6.45, 7) is 1.08. The van der Waals surface area contributed by atoms with E-state index >= 15 is 0 Å². The lowest BCUT2D eigenvalue weighted by atomic mass is 10.0. The van der Waals surface area contributed by atoms with Crippen molar-refractivity contribution in [2.24, 2.45) is 0 Å². The van der Waals surface area contributed by atoms with Gasteiger partial charge in [-0.1, -0.05) is 30.3 Å². The SMILES string of the molecule is O=C(NCC1Cc2cccc(-c3ccncc3)c2O1)c1cccc(Cn2cccn2)c1. The number of aromatic nitrogens is 3. The summed E-state index contributed by atoms with van der Waals surface area (Å²) >= 11 is 0. The van der Waals surface area contributed by atoms with Gasteiger partial charge in [0.2, 0.25) is 0 Å². The standard InChI is InChI=1S/C25H22N4O2/c30-25(21-6-1-4-18(14-21)17-29-13-3-10-28-29)27-16-22-15-20-5-2-7-23(24(20)31-22)19-8-11-26-12-9-19/h1-14,22H,15-17H2,(H,27,30). The van der Waals surface area contributed by atoms with Crippen LogP contribution in [0.15, 0.2) is 85.5 Å². The van der Waals surface area contributed by atoms with Crippen LogP contribution < -0.4 is 10.1 Å². The first-order valence-electron chi connectivity index (χ1n) is 10.3. The van der Waals surface area contributed by atoms with E-state index in [1.165, 1.54) is 0 Å². The molecule has 2 aromatic heterocycles. The van der Waals surface area contributed by atoms with E-state index in [1.54, 1.807) is 18.6 Å². The van der Waals surface area contributed by atoms with Gasteiger partial charge < -0.3 is 10.1 Å². The van der Waals surface area contributed by atoms with Crippen molar-refractivity contribution in [3.63, 3.8) is 0 Å². The fourth-order valence-electron chi connectivity index (χ4n) is 3.91. The maximum absolute atomic E-state index is 12.7. The van der Waals surface area contributed by atoms with Crippen molar-refractivity contribution in [1.29, 1.82) is 0 Å². The molecule has 1 N–H and O–H groups in total. The molecule has 1 atom stereocenters. The molecule has 0 bridgehead atoms. The summed E-state index contributed by atoms with van der Waals surface area (Å²) in [6, 6.07) is 19.7. The minimum atomic E-state index is -0.101. The molecule has 0 fully saturated rings. The molecule has 1 unspecified atom stereocenters. The number of pyridine rings is 1. The molecule has 5 rings (SSSR count). The maximum Gasteiger partial charge on any atom is 0.251 e. The normalized spacial score (nSPS) is 14.6. The molecule has 1 amide bonds. The van der Waals surface area contributed by atoms with Gasteiger partial charge in [0.15, 0.2) is 0 Å². The molecule has 0 radical (unpaired) electrons. The molecule has 4 aromatic rings. The lowest BCUT2D eigenvalue weighted by Crippen LogP contribution is -2.34. The van der Waals surface area contributed by atoms with E-state index in [0.29, 0.717) is 18.7 Å². The number of ether oxygens (including phenoxy) is 1. The lowest BCUT2D eigenvalue weighted by Gasteiger charge is -2.14. The van der Waals surface area contributed by atoms with Gasteiger partial charge in [0.1, 0.15) is 11.9 Å². The molecule has 6 nitrogen and oxygen atoms in total. The van der Waals surface area contributed by atoms with Gasteiger partial charge in [-0.3, -0.25) is 14.5 Å². The van der Waals surface area contributed by atoms with E-state index in [0.717, 1.165) is 34.4 Å². The Morgan fingerprint density at radius 3 is 2.77 bits per heavy atom. The molecule has 0 aliphatic carbocycles. The predicted octanol–water partition coefficient (Wildman–Crippen LogP) is 3.73. The van der Waals surface area contributed by atoms with Crippen LogP contribution in [0.2, 0.25) is 0 Å². The Morgan fingerprint density at radius 1 is 1.06 bits per heavy atom. The molecule has 31 heavy (non-hydrogen) atoms. The molecular weight excluding hydrogens is 388 g/mol. The Hall–Kier alpha value is -3.93. The van der Waals surface area contributed by atoms with E-state index in [9.17, 15) is 4.79 Å². The van der Waals surface area contributed by atoms with Crippen molar-refractivity contribution in [3.05, 3.63) is 102 Å². The second kappa shape index (κ2) is 8.44. The van der Waals surface area contributed by atoms with Crippen LogP contribution in [0, 0.1) is 0 Å².